The van der Waals surface area contributed by atoms with E-state index >= 15 is 0 Å². The molecule has 3 nitrogen and oxygen atoms in total. The lowest BCUT2D eigenvalue weighted by Gasteiger charge is -2.17. The van der Waals surface area contributed by atoms with Crippen molar-refractivity contribution < 1.29 is 9.53 Å². The second-order valence-corrected chi connectivity index (χ2v) is 2.62. The number of rotatable bonds is 2. The Bertz CT molecular complexity index is 221. The minimum absolute atomic E-state index is 0.242. The maximum Gasteiger partial charge on any atom is 0.314 e. The highest BCUT2D eigenvalue weighted by atomic mass is 16.5. The van der Waals surface area contributed by atoms with E-state index in [-0.39, 0.29) is 17.9 Å². The van der Waals surface area contributed by atoms with Crippen LogP contribution in [0.5, 0.6) is 0 Å². The SMILES string of the molecule is CCOC(=O)C1C=CC=CC1N. The van der Waals surface area contributed by atoms with E-state index in [1.165, 1.54) is 0 Å². The molecule has 0 fully saturated rings. The van der Waals surface area contributed by atoms with E-state index in [2.05, 4.69) is 0 Å². The van der Waals surface area contributed by atoms with Crippen molar-refractivity contribution in [3.63, 3.8) is 0 Å². The highest BCUT2D eigenvalue weighted by molar-refractivity contribution is 5.76. The normalized spacial score (nSPS) is 27.2. The van der Waals surface area contributed by atoms with Crippen LogP contribution < -0.4 is 5.73 Å². The first-order valence-electron chi connectivity index (χ1n) is 4.03. The molecule has 0 aromatic carbocycles. The molecule has 2 unspecified atom stereocenters. The fourth-order valence-electron chi connectivity index (χ4n) is 1.10. The lowest BCUT2D eigenvalue weighted by Crippen LogP contribution is -2.34. The zero-order valence-electron chi connectivity index (χ0n) is 7.07. The molecule has 0 saturated carbocycles. The van der Waals surface area contributed by atoms with Crippen LogP contribution in [0.25, 0.3) is 0 Å². The Labute approximate surface area is 71.9 Å². The number of esters is 1. The molecule has 1 rings (SSSR count). The molecule has 0 saturated heterocycles. The van der Waals surface area contributed by atoms with Crippen molar-refractivity contribution >= 4 is 5.97 Å². The van der Waals surface area contributed by atoms with Gasteiger partial charge in [-0.2, -0.15) is 0 Å². The summed E-state index contributed by atoms with van der Waals surface area (Å²) in [6.45, 7) is 2.19. The van der Waals surface area contributed by atoms with Crippen molar-refractivity contribution in [3.05, 3.63) is 24.3 Å². The monoisotopic (exact) mass is 167 g/mol. The van der Waals surface area contributed by atoms with Gasteiger partial charge in [0.2, 0.25) is 0 Å². The quantitative estimate of drug-likeness (QED) is 0.613. The first kappa shape index (κ1) is 9.00. The van der Waals surface area contributed by atoms with Crippen molar-refractivity contribution in [1.29, 1.82) is 0 Å². The van der Waals surface area contributed by atoms with Crippen molar-refractivity contribution in [2.45, 2.75) is 13.0 Å². The predicted molar refractivity (Wildman–Crippen MR) is 46.4 cm³/mol. The number of hydrogen-bond acceptors (Lipinski definition) is 3. The Morgan fingerprint density at radius 2 is 2.17 bits per heavy atom. The van der Waals surface area contributed by atoms with Gasteiger partial charge in [-0.3, -0.25) is 4.79 Å². The third-order valence-corrected chi connectivity index (χ3v) is 1.74. The summed E-state index contributed by atoms with van der Waals surface area (Å²) in [6.07, 6.45) is 7.20. The van der Waals surface area contributed by atoms with Gasteiger partial charge in [-0.1, -0.05) is 24.3 Å². The summed E-state index contributed by atoms with van der Waals surface area (Å²) in [4.78, 5) is 11.2. The molecule has 0 bridgehead atoms. The van der Waals surface area contributed by atoms with E-state index in [1.54, 1.807) is 19.1 Å². The van der Waals surface area contributed by atoms with Gasteiger partial charge in [0.05, 0.1) is 12.5 Å². The van der Waals surface area contributed by atoms with E-state index < -0.39 is 0 Å². The van der Waals surface area contributed by atoms with Crippen molar-refractivity contribution in [1.82, 2.24) is 0 Å². The summed E-state index contributed by atoms with van der Waals surface area (Å²) in [5.74, 6) is -0.555. The van der Waals surface area contributed by atoms with E-state index in [4.69, 9.17) is 10.5 Å². The van der Waals surface area contributed by atoms with E-state index in [0.29, 0.717) is 6.61 Å². The molecule has 0 heterocycles. The average molecular weight is 167 g/mol. The molecule has 2 N–H and O–H groups in total. The molecule has 1 aliphatic carbocycles. The predicted octanol–water partition coefficient (Wildman–Crippen LogP) is 0.619. The lowest BCUT2D eigenvalue weighted by atomic mass is 9.96. The molecule has 1 aliphatic rings. The molecule has 0 aromatic heterocycles. The van der Waals surface area contributed by atoms with Crippen molar-refractivity contribution in [2.75, 3.05) is 6.61 Å². The Morgan fingerprint density at radius 1 is 1.50 bits per heavy atom. The van der Waals surface area contributed by atoms with Crippen LogP contribution in [0.3, 0.4) is 0 Å². The molecular weight excluding hydrogens is 154 g/mol. The van der Waals surface area contributed by atoms with Gasteiger partial charge in [0.1, 0.15) is 0 Å². The van der Waals surface area contributed by atoms with Crippen LogP contribution in [0.15, 0.2) is 24.3 Å². The van der Waals surface area contributed by atoms with Gasteiger partial charge in [-0.05, 0) is 6.92 Å². The number of allylic oxidation sites excluding steroid dienone is 2. The second kappa shape index (κ2) is 4.07. The molecule has 66 valence electrons. The number of carbonyl (C=O) groups excluding carboxylic acids is 1. The van der Waals surface area contributed by atoms with Crippen LogP contribution in [0.4, 0.5) is 0 Å². The third kappa shape index (κ3) is 1.95. The first-order valence-corrected chi connectivity index (χ1v) is 4.03. The summed E-state index contributed by atoms with van der Waals surface area (Å²) in [7, 11) is 0. The Balaban J connectivity index is 2.56. The number of ether oxygens (including phenoxy) is 1. The van der Waals surface area contributed by atoms with Gasteiger partial charge in [-0.25, -0.2) is 0 Å². The second-order valence-electron chi connectivity index (χ2n) is 2.62. The van der Waals surface area contributed by atoms with Gasteiger partial charge in [-0.15, -0.1) is 0 Å². The summed E-state index contributed by atoms with van der Waals surface area (Å²) in [6, 6.07) is -0.242. The van der Waals surface area contributed by atoms with Gasteiger partial charge in [0.15, 0.2) is 0 Å². The largest absolute Gasteiger partial charge is 0.465 e. The van der Waals surface area contributed by atoms with Gasteiger partial charge in [0, 0.05) is 6.04 Å². The smallest absolute Gasteiger partial charge is 0.314 e. The molecular formula is C9H13NO2. The topological polar surface area (TPSA) is 52.3 Å². The Kier molecular flexibility index (Phi) is 3.05. The molecule has 0 aliphatic heterocycles. The molecule has 3 heteroatoms. The maximum absolute atomic E-state index is 11.2. The molecule has 0 amide bonds. The Hall–Kier alpha value is -1.09. The van der Waals surface area contributed by atoms with Crippen LogP contribution in [-0.2, 0) is 9.53 Å². The highest BCUT2D eigenvalue weighted by Gasteiger charge is 2.23. The fourth-order valence-corrected chi connectivity index (χ4v) is 1.10. The minimum atomic E-state index is -0.310. The minimum Gasteiger partial charge on any atom is -0.465 e. The van der Waals surface area contributed by atoms with E-state index in [1.807, 2.05) is 12.2 Å². The van der Waals surface area contributed by atoms with Crippen LogP contribution in [-0.4, -0.2) is 18.6 Å². The van der Waals surface area contributed by atoms with Crippen LogP contribution >= 0.6 is 0 Å². The number of hydrogen-bond donors (Lipinski definition) is 1. The van der Waals surface area contributed by atoms with Crippen LogP contribution in [0.2, 0.25) is 0 Å². The van der Waals surface area contributed by atoms with Crippen molar-refractivity contribution in [2.24, 2.45) is 11.7 Å². The molecule has 0 aromatic rings. The molecule has 0 radical (unpaired) electrons. The molecule has 2 atom stereocenters. The summed E-state index contributed by atoms with van der Waals surface area (Å²) < 4.78 is 4.85. The number of carbonyl (C=O) groups is 1. The van der Waals surface area contributed by atoms with E-state index in [9.17, 15) is 4.79 Å². The third-order valence-electron chi connectivity index (χ3n) is 1.74. The standard InChI is InChI=1S/C9H13NO2/c1-2-12-9(11)7-5-3-4-6-8(7)10/h3-8H,2,10H2,1H3. The van der Waals surface area contributed by atoms with E-state index in [0.717, 1.165) is 0 Å². The highest BCUT2D eigenvalue weighted by Crippen LogP contribution is 2.12. The zero-order valence-corrected chi connectivity index (χ0v) is 7.07. The van der Waals surface area contributed by atoms with Crippen molar-refractivity contribution in [3.8, 4) is 0 Å². The van der Waals surface area contributed by atoms with Crippen LogP contribution in [0, 0.1) is 5.92 Å². The van der Waals surface area contributed by atoms with Gasteiger partial charge < -0.3 is 10.5 Å². The Morgan fingerprint density at radius 3 is 2.75 bits per heavy atom. The molecule has 0 spiro atoms. The number of nitrogens with two attached hydrogens (primary N) is 1. The zero-order chi connectivity index (χ0) is 8.97. The van der Waals surface area contributed by atoms with Crippen LogP contribution in [0.1, 0.15) is 6.92 Å². The first-order chi connectivity index (χ1) is 5.75. The maximum atomic E-state index is 11.2. The lowest BCUT2D eigenvalue weighted by molar-refractivity contribution is -0.146. The molecule has 12 heavy (non-hydrogen) atoms. The van der Waals surface area contributed by atoms with Gasteiger partial charge >= 0.3 is 5.97 Å². The summed E-state index contributed by atoms with van der Waals surface area (Å²) in [5.41, 5.74) is 5.67. The summed E-state index contributed by atoms with van der Waals surface area (Å²) in [5, 5.41) is 0. The summed E-state index contributed by atoms with van der Waals surface area (Å²) >= 11 is 0. The fraction of sp³-hybridized carbons (Fsp3) is 0.444. The van der Waals surface area contributed by atoms with Gasteiger partial charge in [0.25, 0.3) is 0 Å². The average Bonchev–Trinajstić information content (AvgIpc) is 2.05.